The van der Waals surface area contributed by atoms with E-state index in [1.807, 2.05) is 18.2 Å². The van der Waals surface area contributed by atoms with Crippen LogP contribution in [0.3, 0.4) is 0 Å². The maximum Gasteiger partial charge on any atom is 0.0973 e. The largest absolute Gasteiger partial charge is 0.373 e. The van der Waals surface area contributed by atoms with Crippen LogP contribution in [0.1, 0.15) is 12.0 Å². The lowest BCUT2D eigenvalue weighted by Gasteiger charge is -2.15. The SMILES string of the molecule is CO[C@]1(c2ccccc2)C[C@@H]1CN. The fourth-order valence-electron chi connectivity index (χ4n) is 2.02. The minimum Gasteiger partial charge on any atom is -0.373 e. The van der Waals surface area contributed by atoms with E-state index in [0.717, 1.165) is 6.42 Å². The molecule has 0 amide bonds. The second-order valence-corrected chi connectivity index (χ2v) is 3.60. The van der Waals surface area contributed by atoms with E-state index in [4.69, 9.17) is 10.5 Å². The van der Waals surface area contributed by atoms with E-state index in [0.29, 0.717) is 12.5 Å². The predicted molar refractivity (Wildman–Crippen MR) is 52.3 cm³/mol. The van der Waals surface area contributed by atoms with Gasteiger partial charge in [0.05, 0.1) is 5.60 Å². The normalized spacial score (nSPS) is 31.7. The molecule has 2 N–H and O–H groups in total. The molecule has 0 bridgehead atoms. The van der Waals surface area contributed by atoms with Crippen molar-refractivity contribution < 1.29 is 4.74 Å². The van der Waals surface area contributed by atoms with Crippen molar-refractivity contribution in [3.05, 3.63) is 35.9 Å². The molecule has 2 atom stereocenters. The third-order valence-corrected chi connectivity index (χ3v) is 2.96. The standard InChI is InChI=1S/C11H15NO/c1-13-11(7-10(11)8-12)9-5-3-2-4-6-9/h2-6,10H,7-8,12H2,1H3/t10-,11+/m1/s1. The second-order valence-electron chi connectivity index (χ2n) is 3.60. The highest BCUT2D eigenvalue weighted by atomic mass is 16.5. The quantitative estimate of drug-likeness (QED) is 0.759. The summed E-state index contributed by atoms with van der Waals surface area (Å²) in [4.78, 5) is 0. The van der Waals surface area contributed by atoms with E-state index >= 15 is 0 Å². The highest BCUT2D eigenvalue weighted by Crippen LogP contribution is 2.53. The van der Waals surface area contributed by atoms with E-state index in [2.05, 4.69) is 12.1 Å². The van der Waals surface area contributed by atoms with Gasteiger partial charge in [0.2, 0.25) is 0 Å². The summed E-state index contributed by atoms with van der Waals surface area (Å²) in [5.41, 5.74) is 6.83. The Kier molecular flexibility index (Phi) is 2.10. The number of methoxy groups -OCH3 is 1. The van der Waals surface area contributed by atoms with Crippen molar-refractivity contribution in [1.29, 1.82) is 0 Å². The van der Waals surface area contributed by atoms with Crippen LogP contribution >= 0.6 is 0 Å². The molecule has 0 aromatic heterocycles. The van der Waals surface area contributed by atoms with Crippen molar-refractivity contribution in [3.63, 3.8) is 0 Å². The van der Waals surface area contributed by atoms with Crippen LogP contribution in [0.2, 0.25) is 0 Å². The number of ether oxygens (including phenoxy) is 1. The number of rotatable bonds is 3. The molecule has 2 rings (SSSR count). The van der Waals surface area contributed by atoms with Crippen molar-refractivity contribution in [3.8, 4) is 0 Å². The van der Waals surface area contributed by atoms with Gasteiger partial charge in [0.1, 0.15) is 0 Å². The highest BCUT2D eigenvalue weighted by Gasteiger charge is 2.55. The van der Waals surface area contributed by atoms with Crippen LogP contribution in [0.4, 0.5) is 0 Å². The third-order valence-electron chi connectivity index (χ3n) is 2.96. The fraction of sp³-hybridized carbons (Fsp3) is 0.455. The number of benzene rings is 1. The Balaban J connectivity index is 2.25. The van der Waals surface area contributed by atoms with Gasteiger partial charge in [0.25, 0.3) is 0 Å². The van der Waals surface area contributed by atoms with Gasteiger partial charge in [-0.1, -0.05) is 30.3 Å². The summed E-state index contributed by atoms with van der Waals surface area (Å²) >= 11 is 0. The van der Waals surface area contributed by atoms with Gasteiger partial charge in [-0.05, 0) is 18.5 Å². The molecule has 0 radical (unpaired) electrons. The van der Waals surface area contributed by atoms with E-state index in [1.54, 1.807) is 7.11 Å². The smallest absolute Gasteiger partial charge is 0.0973 e. The van der Waals surface area contributed by atoms with Gasteiger partial charge < -0.3 is 10.5 Å². The first-order valence-electron chi connectivity index (χ1n) is 4.64. The molecule has 1 aromatic rings. The minimum atomic E-state index is -0.0734. The van der Waals surface area contributed by atoms with Crippen LogP contribution in [0.15, 0.2) is 30.3 Å². The fourth-order valence-corrected chi connectivity index (χ4v) is 2.02. The van der Waals surface area contributed by atoms with Crippen LogP contribution in [0.25, 0.3) is 0 Å². The van der Waals surface area contributed by atoms with Crippen molar-refractivity contribution in [2.45, 2.75) is 12.0 Å². The van der Waals surface area contributed by atoms with Gasteiger partial charge in [-0.15, -0.1) is 0 Å². The second kappa shape index (κ2) is 3.13. The molecule has 0 unspecified atom stereocenters. The van der Waals surface area contributed by atoms with Crippen molar-refractivity contribution in [2.75, 3.05) is 13.7 Å². The summed E-state index contributed by atoms with van der Waals surface area (Å²) in [5.74, 6) is 0.500. The molecule has 1 aromatic carbocycles. The Hall–Kier alpha value is -0.860. The van der Waals surface area contributed by atoms with E-state index in [-0.39, 0.29) is 5.60 Å². The number of nitrogens with two attached hydrogens (primary N) is 1. The minimum absolute atomic E-state index is 0.0734. The molecule has 1 aliphatic carbocycles. The lowest BCUT2D eigenvalue weighted by Crippen LogP contribution is -2.17. The third kappa shape index (κ3) is 1.26. The van der Waals surface area contributed by atoms with Gasteiger partial charge in [-0.3, -0.25) is 0 Å². The summed E-state index contributed by atoms with van der Waals surface area (Å²) in [7, 11) is 1.77. The zero-order chi connectivity index (χ0) is 9.31. The Morgan fingerprint density at radius 1 is 1.46 bits per heavy atom. The number of hydrogen-bond donors (Lipinski definition) is 1. The monoisotopic (exact) mass is 177 g/mol. The van der Waals surface area contributed by atoms with Crippen LogP contribution in [0, 0.1) is 5.92 Å². The predicted octanol–water partition coefficient (Wildman–Crippen LogP) is 1.51. The molecule has 70 valence electrons. The van der Waals surface area contributed by atoms with Gasteiger partial charge in [-0.2, -0.15) is 0 Å². The molecule has 0 aliphatic heterocycles. The van der Waals surface area contributed by atoms with Gasteiger partial charge in [0, 0.05) is 13.0 Å². The van der Waals surface area contributed by atoms with Crippen molar-refractivity contribution in [1.82, 2.24) is 0 Å². The van der Waals surface area contributed by atoms with Gasteiger partial charge in [0.15, 0.2) is 0 Å². The van der Waals surface area contributed by atoms with Crippen LogP contribution in [-0.4, -0.2) is 13.7 Å². The maximum atomic E-state index is 5.64. The van der Waals surface area contributed by atoms with Gasteiger partial charge in [-0.25, -0.2) is 0 Å². The zero-order valence-electron chi connectivity index (χ0n) is 7.86. The van der Waals surface area contributed by atoms with E-state index < -0.39 is 0 Å². The topological polar surface area (TPSA) is 35.2 Å². The summed E-state index contributed by atoms with van der Waals surface area (Å²) in [6.45, 7) is 0.711. The first-order chi connectivity index (χ1) is 6.33. The molecule has 13 heavy (non-hydrogen) atoms. The zero-order valence-corrected chi connectivity index (χ0v) is 7.86. The average Bonchev–Trinajstić information content (AvgIpc) is 2.94. The Labute approximate surface area is 78.7 Å². The molecule has 0 spiro atoms. The molecule has 1 fully saturated rings. The summed E-state index contributed by atoms with van der Waals surface area (Å²) in [6, 6.07) is 10.3. The summed E-state index contributed by atoms with van der Waals surface area (Å²) in [6.07, 6.45) is 1.06. The summed E-state index contributed by atoms with van der Waals surface area (Å²) < 4.78 is 5.56. The lowest BCUT2D eigenvalue weighted by molar-refractivity contribution is 0.0645. The first-order valence-corrected chi connectivity index (χ1v) is 4.64. The molecule has 1 saturated carbocycles. The lowest BCUT2D eigenvalue weighted by atomic mass is 10.1. The Morgan fingerprint density at radius 3 is 2.62 bits per heavy atom. The van der Waals surface area contributed by atoms with Gasteiger partial charge >= 0.3 is 0 Å². The van der Waals surface area contributed by atoms with E-state index in [1.165, 1.54) is 5.56 Å². The molecular weight excluding hydrogens is 162 g/mol. The maximum absolute atomic E-state index is 5.64. The number of hydrogen-bond acceptors (Lipinski definition) is 2. The average molecular weight is 177 g/mol. The molecule has 2 heteroatoms. The molecular formula is C11H15NO. The van der Waals surface area contributed by atoms with Crippen LogP contribution in [0.5, 0.6) is 0 Å². The molecule has 2 nitrogen and oxygen atoms in total. The van der Waals surface area contributed by atoms with Crippen molar-refractivity contribution >= 4 is 0 Å². The summed E-state index contributed by atoms with van der Waals surface area (Å²) in [5, 5.41) is 0. The van der Waals surface area contributed by atoms with E-state index in [9.17, 15) is 0 Å². The molecule has 1 aliphatic rings. The Morgan fingerprint density at radius 2 is 2.15 bits per heavy atom. The molecule has 0 saturated heterocycles. The highest BCUT2D eigenvalue weighted by molar-refractivity contribution is 5.30. The van der Waals surface area contributed by atoms with Crippen molar-refractivity contribution in [2.24, 2.45) is 11.7 Å². The molecule has 0 heterocycles. The first kappa shape index (κ1) is 8.73. The van der Waals surface area contributed by atoms with Crippen LogP contribution < -0.4 is 5.73 Å². The Bertz CT molecular complexity index is 285. The van der Waals surface area contributed by atoms with Crippen LogP contribution in [-0.2, 0) is 10.3 Å².